The third-order valence-corrected chi connectivity index (χ3v) is 2.88. The number of rotatable bonds is 12. The lowest BCUT2D eigenvalue weighted by atomic mass is 10.2. The second-order valence-corrected chi connectivity index (χ2v) is 4.85. The average Bonchev–Trinajstić information content (AvgIpc) is 2.47. The van der Waals surface area contributed by atoms with Crippen LogP contribution in [0.1, 0.15) is 65.2 Å². The summed E-state index contributed by atoms with van der Waals surface area (Å²) in [5, 5.41) is 0. The summed E-state index contributed by atoms with van der Waals surface area (Å²) >= 11 is 0. The van der Waals surface area contributed by atoms with E-state index in [1.54, 1.807) is 0 Å². The van der Waals surface area contributed by atoms with Gasteiger partial charge in [0.15, 0.2) is 0 Å². The van der Waals surface area contributed by atoms with Gasteiger partial charge in [-0.1, -0.05) is 87.4 Å². The maximum atomic E-state index is 2.29. The Morgan fingerprint density at radius 2 is 0.900 bits per heavy atom. The van der Waals surface area contributed by atoms with Crippen molar-refractivity contribution in [3.05, 3.63) is 60.8 Å². The largest absolute Gasteiger partial charge is 0.0885 e. The molecule has 0 aromatic rings. The zero-order valence-corrected chi connectivity index (χ0v) is 13.4. The van der Waals surface area contributed by atoms with Gasteiger partial charge in [-0.2, -0.15) is 0 Å². The predicted molar refractivity (Wildman–Crippen MR) is 94.0 cm³/mol. The second kappa shape index (κ2) is 17.7. The predicted octanol–water partition coefficient (Wildman–Crippen LogP) is 6.93. The van der Waals surface area contributed by atoms with Crippen molar-refractivity contribution in [1.82, 2.24) is 0 Å². The fourth-order valence-electron chi connectivity index (χ4n) is 1.69. The molecule has 0 fully saturated rings. The molecule has 0 heterocycles. The topological polar surface area (TPSA) is 0 Å². The van der Waals surface area contributed by atoms with Crippen LogP contribution in [0, 0.1) is 0 Å². The van der Waals surface area contributed by atoms with E-state index in [4.69, 9.17) is 0 Å². The Kier molecular flexibility index (Phi) is 16.5. The van der Waals surface area contributed by atoms with E-state index < -0.39 is 0 Å². The molecule has 0 heteroatoms. The summed E-state index contributed by atoms with van der Waals surface area (Å²) in [7, 11) is 0. The number of hydrogen-bond acceptors (Lipinski definition) is 0. The van der Waals surface area contributed by atoms with E-state index in [1.807, 2.05) is 0 Å². The van der Waals surface area contributed by atoms with Crippen molar-refractivity contribution in [2.75, 3.05) is 0 Å². The van der Waals surface area contributed by atoms with Crippen LogP contribution in [0.5, 0.6) is 0 Å². The fraction of sp³-hybridized carbons (Fsp3) is 0.500. The highest BCUT2D eigenvalue weighted by molar-refractivity contribution is 5.00. The van der Waals surface area contributed by atoms with Gasteiger partial charge in [0, 0.05) is 0 Å². The summed E-state index contributed by atoms with van der Waals surface area (Å²) in [5.41, 5.74) is 0. The highest BCUT2D eigenvalue weighted by Gasteiger charge is 1.77. The van der Waals surface area contributed by atoms with Gasteiger partial charge in [0.25, 0.3) is 0 Å². The Bertz CT molecular complexity index is 313. The molecule has 0 amide bonds. The van der Waals surface area contributed by atoms with E-state index in [-0.39, 0.29) is 0 Å². The lowest BCUT2D eigenvalue weighted by molar-refractivity contribution is 0.813. The Labute approximate surface area is 126 Å². The first-order valence-electron chi connectivity index (χ1n) is 8.16. The maximum Gasteiger partial charge on any atom is -0.0169 e. The van der Waals surface area contributed by atoms with Gasteiger partial charge in [0.1, 0.15) is 0 Å². The highest BCUT2D eigenvalue weighted by Crippen LogP contribution is 1.98. The van der Waals surface area contributed by atoms with Crippen LogP contribution in [0.3, 0.4) is 0 Å². The normalized spacial score (nSPS) is 13.1. The lowest BCUT2D eigenvalue weighted by Gasteiger charge is -1.87. The zero-order valence-electron chi connectivity index (χ0n) is 13.4. The first kappa shape index (κ1) is 18.7. The van der Waals surface area contributed by atoms with E-state index >= 15 is 0 Å². The average molecular weight is 272 g/mol. The summed E-state index contributed by atoms with van der Waals surface area (Å²) in [6.07, 6.45) is 31.6. The molecule has 0 saturated carbocycles. The number of allylic oxidation sites excluding steroid dienone is 10. The maximum absolute atomic E-state index is 2.29. The first-order chi connectivity index (χ1) is 9.91. The summed E-state index contributed by atoms with van der Waals surface area (Å²) in [5.74, 6) is 0. The first-order valence-corrected chi connectivity index (χ1v) is 8.16. The molecule has 0 aliphatic rings. The van der Waals surface area contributed by atoms with Crippen LogP contribution >= 0.6 is 0 Å². The van der Waals surface area contributed by atoms with E-state index in [2.05, 4.69) is 74.6 Å². The number of unbranched alkanes of at least 4 members (excludes halogenated alkanes) is 2. The van der Waals surface area contributed by atoms with Crippen molar-refractivity contribution < 1.29 is 0 Å². The molecular weight excluding hydrogens is 240 g/mol. The van der Waals surface area contributed by atoms with Crippen LogP contribution in [0.4, 0.5) is 0 Å². The third kappa shape index (κ3) is 16.7. The third-order valence-electron chi connectivity index (χ3n) is 2.88. The minimum Gasteiger partial charge on any atom is -0.0885 e. The quantitative estimate of drug-likeness (QED) is 0.267. The molecule has 0 radical (unpaired) electrons. The molecule has 0 atom stereocenters. The van der Waals surface area contributed by atoms with Crippen LogP contribution in [0.2, 0.25) is 0 Å². The van der Waals surface area contributed by atoms with Crippen LogP contribution in [0.15, 0.2) is 60.8 Å². The van der Waals surface area contributed by atoms with Crippen LogP contribution in [-0.4, -0.2) is 0 Å². The van der Waals surface area contributed by atoms with Crippen molar-refractivity contribution in [3.63, 3.8) is 0 Å². The van der Waals surface area contributed by atoms with Crippen molar-refractivity contribution in [2.24, 2.45) is 0 Å². The van der Waals surface area contributed by atoms with Crippen molar-refractivity contribution in [3.8, 4) is 0 Å². The standard InChI is InChI=1S/C20H32/c1-3-5-7-9-11-13-15-17-19-20-18-16-14-12-10-8-6-4-2/h5,7,10-13,16-19H,3-4,6,8-9,14-15,20H2,1-2H3. The van der Waals surface area contributed by atoms with Crippen molar-refractivity contribution in [2.45, 2.75) is 65.2 Å². The molecule has 0 bridgehead atoms. The molecule has 0 aliphatic heterocycles. The smallest absolute Gasteiger partial charge is 0.0169 e. The van der Waals surface area contributed by atoms with Gasteiger partial charge in [0.2, 0.25) is 0 Å². The number of hydrogen-bond donors (Lipinski definition) is 0. The molecule has 0 spiro atoms. The zero-order chi connectivity index (χ0) is 14.7. The van der Waals surface area contributed by atoms with Gasteiger partial charge >= 0.3 is 0 Å². The SMILES string of the molecule is CCC=CCC=CCC=CCC=CCC=CCCCC. The Morgan fingerprint density at radius 3 is 1.30 bits per heavy atom. The van der Waals surface area contributed by atoms with Gasteiger partial charge in [-0.25, -0.2) is 0 Å². The lowest BCUT2D eigenvalue weighted by Crippen LogP contribution is -1.67. The molecular formula is C20H32. The van der Waals surface area contributed by atoms with E-state index in [0.29, 0.717) is 0 Å². The van der Waals surface area contributed by atoms with Gasteiger partial charge in [-0.3, -0.25) is 0 Å². The van der Waals surface area contributed by atoms with Gasteiger partial charge in [0.05, 0.1) is 0 Å². The van der Waals surface area contributed by atoms with Crippen molar-refractivity contribution >= 4 is 0 Å². The highest BCUT2D eigenvalue weighted by atomic mass is 13.8. The van der Waals surface area contributed by atoms with Crippen LogP contribution < -0.4 is 0 Å². The van der Waals surface area contributed by atoms with Gasteiger partial charge in [-0.15, -0.1) is 0 Å². The monoisotopic (exact) mass is 272 g/mol. The molecule has 0 unspecified atom stereocenters. The van der Waals surface area contributed by atoms with Gasteiger partial charge in [-0.05, 0) is 38.5 Å². The minimum absolute atomic E-state index is 1.05. The molecule has 0 aromatic carbocycles. The molecule has 112 valence electrons. The molecule has 0 N–H and O–H groups in total. The van der Waals surface area contributed by atoms with E-state index in [9.17, 15) is 0 Å². The van der Waals surface area contributed by atoms with Crippen LogP contribution in [-0.2, 0) is 0 Å². The Balaban J connectivity index is 3.42. The van der Waals surface area contributed by atoms with Crippen molar-refractivity contribution in [1.29, 1.82) is 0 Å². The molecule has 20 heavy (non-hydrogen) atoms. The van der Waals surface area contributed by atoms with E-state index in [1.165, 1.54) is 19.3 Å². The summed E-state index contributed by atoms with van der Waals surface area (Å²) in [6.45, 7) is 4.40. The minimum atomic E-state index is 1.05. The van der Waals surface area contributed by atoms with E-state index in [0.717, 1.165) is 32.1 Å². The molecule has 0 rings (SSSR count). The second-order valence-electron chi connectivity index (χ2n) is 4.85. The summed E-state index contributed by atoms with van der Waals surface area (Å²) < 4.78 is 0. The van der Waals surface area contributed by atoms with Gasteiger partial charge < -0.3 is 0 Å². The summed E-state index contributed by atoms with van der Waals surface area (Å²) in [4.78, 5) is 0. The molecule has 0 saturated heterocycles. The molecule has 0 nitrogen and oxygen atoms in total. The van der Waals surface area contributed by atoms with Crippen LogP contribution in [0.25, 0.3) is 0 Å². The fourth-order valence-corrected chi connectivity index (χ4v) is 1.69. The Morgan fingerprint density at radius 1 is 0.500 bits per heavy atom. The molecule has 0 aliphatic carbocycles. The Hall–Kier alpha value is -1.30. The summed E-state index contributed by atoms with van der Waals surface area (Å²) in [6, 6.07) is 0. The molecule has 0 aromatic heterocycles.